The molecule has 2 aromatic rings. The van der Waals surface area contributed by atoms with Gasteiger partial charge in [-0.25, -0.2) is 0 Å². The van der Waals surface area contributed by atoms with E-state index in [1.54, 1.807) is 24.1 Å². The molecule has 2 amide bonds. The summed E-state index contributed by atoms with van der Waals surface area (Å²) in [5.74, 6) is 0.509. The smallest absolute Gasteiger partial charge is 0.254 e. The predicted octanol–water partition coefficient (Wildman–Crippen LogP) is 1.78. The van der Waals surface area contributed by atoms with Gasteiger partial charge in [0.05, 0.1) is 6.54 Å². The summed E-state index contributed by atoms with van der Waals surface area (Å²) in [4.78, 5) is 29.8. The number of guanidine groups is 1. The van der Waals surface area contributed by atoms with Crippen LogP contribution < -0.4 is 16.0 Å². The highest BCUT2D eigenvalue weighted by atomic mass is 127. The van der Waals surface area contributed by atoms with Crippen molar-refractivity contribution in [3.8, 4) is 0 Å². The first-order valence-electron chi connectivity index (χ1n) is 9.79. The Labute approximate surface area is 194 Å². The molecule has 1 saturated heterocycles. The molecule has 3 rings (SSSR count). The molecule has 7 nitrogen and oxygen atoms in total. The van der Waals surface area contributed by atoms with Crippen LogP contribution >= 0.6 is 24.0 Å². The van der Waals surface area contributed by atoms with Crippen LogP contribution in [0, 0.1) is 0 Å². The molecule has 1 aliphatic heterocycles. The van der Waals surface area contributed by atoms with Crippen LogP contribution in [0.3, 0.4) is 0 Å². The van der Waals surface area contributed by atoms with Crippen molar-refractivity contribution in [1.29, 1.82) is 0 Å². The van der Waals surface area contributed by atoms with Crippen molar-refractivity contribution in [2.75, 3.05) is 33.2 Å². The second-order valence-electron chi connectivity index (χ2n) is 6.86. The molecule has 1 fully saturated rings. The summed E-state index contributed by atoms with van der Waals surface area (Å²) in [6.07, 6.45) is 0.923. The number of hydrogen-bond acceptors (Lipinski definition) is 3. The molecule has 0 radical (unpaired) electrons. The average molecular weight is 521 g/mol. The van der Waals surface area contributed by atoms with E-state index in [9.17, 15) is 9.59 Å². The van der Waals surface area contributed by atoms with Crippen molar-refractivity contribution in [3.63, 3.8) is 0 Å². The van der Waals surface area contributed by atoms with Crippen molar-refractivity contribution in [2.45, 2.75) is 13.0 Å². The number of nitrogens with zero attached hydrogens (tertiary/aromatic N) is 2. The lowest BCUT2D eigenvalue weighted by molar-refractivity contribution is -0.123. The lowest BCUT2D eigenvalue weighted by Crippen LogP contribution is -2.49. The number of hydrogen-bond donors (Lipinski definition) is 3. The number of nitrogens with one attached hydrogen (secondary N) is 3. The van der Waals surface area contributed by atoms with E-state index in [2.05, 4.69) is 33.1 Å². The molecular weight excluding hydrogens is 493 g/mol. The minimum atomic E-state index is -0.114. The van der Waals surface area contributed by atoms with Crippen LogP contribution in [0.4, 0.5) is 0 Å². The molecule has 1 aliphatic rings. The maximum absolute atomic E-state index is 12.5. The van der Waals surface area contributed by atoms with Crippen LogP contribution in [-0.4, -0.2) is 55.9 Å². The quantitative estimate of drug-likeness (QED) is 0.308. The van der Waals surface area contributed by atoms with E-state index in [1.165, 1.54) is 5.56 Å². The minimum Gasteiger partial charge on any atom is -0.356 e. The fourth-order valence-corrected chi connectivity index (χ4v) is 3.14. The number of aliphatic imine (C=N–C) groups is 1. The number of benzene rings is 2. The fourth-order valence-electron chi connectivity index (χ4n) is 3.14. The van der Waals surface area contributed by atoms with Gasteiger partial charge < -0.3 is 20.9 Å². The van der Waals surface area contributed by atoms with Crippen LogP contribution in [0.25, 0.3) is 0 Å². The van der Waals surface area contributed by atoms with Crippen LogP contribution in [0.5, 0.6) is 0 Å². The van der Waals surface area contributed by atoms with Gasteiger partial charge in [-0.15, -0.1) is 24.0 Å². The number of halogens is 1. The molecule has 2 aromatic carbocycles. The zero-order valence-corrected chi connectivity index (χ0v) is 19.4. The van der Waals surface area contributed by atoms with E-state index in [4.69, 9.17) is 0 Å². The molecule has 3 N–H and O–H groups in total. The first-order valence-corrected chi connectivity index (χ1v) is 9.79. The maximum atomic E-state index is 12.5. The van der Waals surface area contributed by atoms with Crippen LogP contribution in [-0.2, 0) is 17.8 Å². The molecule has 0 unspecified atom stereocenters. The molecule has 0 atom stereocenters. The molecule has 8 heteroatoms. The number of piperazine rings is 1. The highest BCUT2D eigenvalue weighted by Crippen LogP contribution is 2.09. The van der Waals surface area contributed by atoms with Gasteiger partial charge in [0.15, 0.2) is 5.96 Å². The maximum Gasteiger partial charge on any atom is 0.254 e. The molecule has 30 heavy (non-hydrogen) atoms. The lowest BCUT2D eigenvalue weighted by atomic mass is 10.1. The third-order valence-corrected chi connectivity index (χ3v) is 4.76. The molecular formula is C22H28IN5O2. The Morgan fingerprint density at radius 3 is 2.47 bits per heavy atom. The number of carbonyl (C=O) groups is 2. The Morgan fingerprint density at radius 1 is 1.07 bits per heavy atom. The molecule has 0 aliphatic carbocycles. The van der Waals surface area contributed by atoms with E-state index in [-0.39, 0.29) is 42.3 Å². The summed E-state index contributed by atoms with van der Waals surface area (Å²) in [6, 6.07) is 17.7. The first-order chi connectivity index (χ1) is 14.2. The minimum absolute atomic E-state index is 0. The third kappa shape index (κ3) is 7.01. The molecule has 0 saturated carbocycles. The topological polar surface area (TPSA) is 85.8 Å². The number of carbonyl (C=O) groups excluding carboxylic acids is 2. The standard InChI is InChI=1S/C22H27N5O2.HI/c1-23-22(25-12-11-17-5-3-2-4-6-17)26-15-18-7-9-19(10-8-18)21(29)27-14-13-24-20(28)16-27;/h2-10H,11-16H2,1H3,(H,24,28)(H2,23,25,26);1H. The van der Waals surface area contributed by atoms with E-state index in [1.807, 2.05) is 30.3 Å². The Hall–Kier alpha value is -2.62. The molecule has 0 spiro atoms. The Balaban J connectivity index is 0.00000320. The van der Waals surface area contributed by atoms with Crippen molar-refractivity contribution in [2.24, 2.45) is 4.99 Å². The first kappa shape index (κ1) is 23.7. The molecule has 0 bridgehead atoms. The summed E-state index contributed by atoms with van der Waals surface area (Å²) < 4.78 is 0. The van der Waals surface area contributed by atoms with Gasteiger partial charge in [-0.05, 0) is 29.7 Å². The number of rotatable bonds is 6. The van der Waals surface area contributed by atoms with Crippen LogP contribution in [0.15, 0.2) is 59.6 Å². The summed E-state index contributed by atoms with van der Waals surface area (Å²) in [5.41, 5.74) is 2.92. The number of amides is 2. The average Bonchev–Trinajstić information content (AvgIpc) is 2.76. The third-order valence-electron chi connectivity index (χ3n) is 4.76. The molecule has 0 aromatic heterocycles. The van der Waals surface area contributed by atoms with Gasteiger partial charge in [-0.3, -0.25) is 14.6 Å². The van der Waals surface area contributed by atoms with Gasteiger partial charge >= 0.3 is 0 Å². The van der Waals surface area contributed by atoms with Crippen molar-refractivity contribution in [1.82, 2.24) is 20.9 Å². The van der Waals surface area contributed by atoms with E-state index < -0.39 is 0 Å². The largest absolute Gasteiger partial charge is 0.356 e. The van der Waals surface area contributed by atoms with Gasteiger partial charge in [0.1, 0.15) is 0 Å². The van der Waals surface area contributed by atoms with Gasteiger partial charge in [0.25, 0.3) is 5.91 Å². The van der Waals surface area contributed by atoms with Crippen molar-refractivity contribution < 1.29 is 9.59 Å². The Kier molecular flexibility index (Phi) is 9.59. The Morgan fingerprint density at radius 2 is 1.80 bits per heavy atom. The monoisotopic (exact) mass is 521 g/mol. The zero-order chi connectivity index (χ0) is 20.5. The summed E-state index contributed by atoms with van der Waals surface area (Å²) in [5, 5.41) is 9.31. The highest BCUT2D eigenvalue weighted by molar-refractivity contribution is 14.0. The predicted molar refractivity (Wildman–Crippen MR) is 129 cm³/mol. The summed E-state index contributed by atoms with van der Waals surface area (Å²) in [7, 11) is 1.74. The van der Waals surface area contributed by atoms with E-state index in [0.717, 1.165) is 24.5 Å². The Bertz CT molecular complexity index is 856. The van der Waals surface area contributed by atoms with Gasteiger partial charge in [-0.1, -0.05) is 42.5 Å². The normalized spacial score (nSPS) is 13.8. The van der Waals surface area contributed by atoms with Gasteiger partial charge in [0, 0.05) is 38.8 Å². The second kappa shape index (κ2) is 12.2. The summed E-state index contributed by atoms with van der Waals surface area (Å²) in [6.45, 7) is 2.56. The highest BCUT2D eigenvalue weighted by Gasteiger charge is 2.22. The fraction of sp³-hybridized carbons (Fsp3) is 0.318. The molecule has 1 heterocycles. The molecule has 160 valence electrons. The van der Waals surface area contributed by atoms with Gasteiger partial charge in [0.2, 0.25) is 5.91 Å². The lowest BCUT2D eigenvalue weighted by Gasteiger charge is -2.26. The van der Waals surface area contributed by atoms with Crippen molar-refractivity contribution >= 4 is 41.8 Å². The second-order valence-corrected chi connectivity index (χ2v) is 6.86. The van der Waals surface area contributed by atoms with E-state index >= 15 is 0 Å². The van der Waals surface area contributed by atoms with Gasteiger partial charge in [-0.2, -0.15) is 0 Å². The van der Waals surface area contributed by atoms with Crippen LogP contribution in [0.2, 0.25) is 0 Å². The van der Waals surface area contributed by atoms with E-state index in [0.29, 0.717) is 25.2 Å². The van der Waals surface area contributed by atoms with Crippen LogP contribution in [0.1, 0.15) is 21.5 Å². The zero-order valence-electron chi connectivity index (χ0n) is 17.1. The SMILES string of the molecule is CN=C(NCCc1ccccc1)NCc1ccc(C(=O)N2CCNC(=O)C2)cc1.I. The summed E-state index contributed by atoms with van der Waals surface area (Å²) >= 11 is 0. The van der Waals surface area contributed by atoms with Crippen molar-refractivity contribution in [3.05, 3.63) is 71.3 Å².